The molecule has 0 atom stereocenters. The third-order valence-electron chi connectivity index (χ3n) is 3.43. The first kappa shape index (κ1) is 13.8. The van der Waals surface area contributed by atoms with Gasteiger partial charge in [-0.25, -0.2) is 4.90 Å². The molecule has 0 saturated carbocycles. The zero-order chi connectivity index (χ0) is 15.7. The zero-order valence-corrected chi connectivity index (χ0v) is 11.6. The summed E-state index contributed by atoms with van der Waals surface area (Å²) in [6.45, 7) is 0. The molecule has 1 heterocycles. The molecule has 0 spiro atoms. The van der Waals surface area contributed by atoms with E-state index >= 15 is 0 Å². The van der Waals surface area contributed by atoms with Gasteiger partial charge in [0.05, 0.1) is 11.1 Å². The van der Waals surface area contributed by atoms with E-state index in [1.165, 1.54) is 6.08 Å². The molecule has 0 radical (unpaired) electrons. The van der Waals surface area contributed by atoms with Crippen molar-refractivity contribution < 1.29 is 9.59 Å². The van der Waals surface area contributed by atoms with Crippen LogP contribution in [0.5, 0.6) is 0 Å². The van der Waals surface area contributed by atoms with Crippen molar-refractivity contribution in [2.24, 2.45) is 5.73 Å². The van der Waals surface area contributed by atoms with Crippen LogP contribution >= 0.6 is 0 Å². The summed E-state index contributed by atoms with van der Waals surface area (Å²) in [5, 5.41) is 8.03. The molecule has 2 aromatic rings. The summed E-state index contributed by atoms with van der Waals surface area (Å²) in [5.41, 5.74) is 7.60. The fourth-order valence-electron chi connectivity index (χ4n) is 2.33. The fraction of sp³-hybridized carbons (Fsp3) is 0. The number of rotatable bonds is 2. The Bertz CT molecular complexity index is 775. The Morgan fingerprint density at radius 1 is 0.909 bits per heavy atom. The van der Waals surface area contributed by atoms with Crippen LogP contribution in [0.3, 0.4) is 0 Å². The molecule has 0 aromatic heterocycles. The lowest BCUT2D eigenvalue weighted by molar-refractivity contribution is 0.0749. The van der Waals surface area contributed by atoms with E-state index < -0.39 is 11.8 Å². The number of hydrogen-bond donors (Lipinski definition) is 2. The Morgan fingerprint density at radius 2 is 1.41 bits per heavy atom. The Labute approximate surface area is 127 Å². The highest BCUT2D eigenvalue weighted by Crippen LogP contribution is 2.23. The minimum atomic E-state index is -0.497. The largest absolute Gasteiger partial charge is 0.398 e. The molecule has 0 saturated heterocycles. The molecule has 3 rings (SSSR count). The second kappa shape index (κ2) is 5.29. The maximum absolute atomic E-state index is 12.3. The van der Waals surface area contributed by atoms with E-state index in [9.17, 15) is 9.59 Å². The smallest absolute Gasteiger partial charge is 0.267 e. The molecule has 2 amide bonds. The summed E-state index contributed by atoms with van der Waals surface area (Å²) >= 11 is 0. The molecule has 22 heavy (non-hydrogen) atoms. The van der Waals surface area contributed by atoms with Crippen LogP contribution in [0.1, 0.15) is 26.3 Å². The van der Waals surface area contributed by atoms with Crippen LogP contribution in [0.2, 0.25) is 0 Å². The SMILES string of the molecule is N=C(C=C(N)c1ccccc1)N1C(=O)c2ccccc2C1=O. The first-order valence-electron chi connectivity index (χ1n) is 6.68. The highest BCUT2D eigenvalue weighted by atomic mass is 16.2. The Balaban J connectivity index is 1.92. The lowest BCUT2D eigenvalue weighted by Crippen LogP contribution is -2.34. The summed E-state index contributed by atoms with van der Waals surface area (Å²) in [5.74, 6) is -1.24. The molecule has 0 bridgehead atoms. The van der Waals surface area contributed by atoms with Crippen molar-refractivity contribution >= 4 is 23.3 Å². The number of nitrogens with zero attached hydrogens (tertiary/aromatic N) is 1. The maximum atomic E-state index is 12.3. The fourth-order valence-corrected chi connectivity index (χ4v) is 2.33. The molecule has 5 nitrogen and oxygen atoms in total. The summed E-state index contributed by atoms with van der Waals surface area (Å²) < 4.78 is 0. The quantitative estimate of drug-likeness (QED) is 0.505. The van der Waals surface area contributed by atoms with Crippen molar-refractivity contribution in [2.75, 3.05) is 0 Å². The molecular formula is C17H13N3O2. The highest BCUT2D eigenvalue weighted by molar-refractivity contribution is 6.31. The molecule has 2 aromatic carbocycles. The lowest BCUT2D eigenvalue weighted by atomic mass is 10.1. The van der Waals surface area contributed by atoms with Crippen molar-refractivity contribution in [1.82, 2.24) is 4.90 Å². The van der Waals surface area contributed by atoms with E-state index in [0.29, 0.717) is 16.8 Å². The zero-order valence-electron chi connectivity index (χ0n) is 11.6. The van der Waals surface area contributed by atoms with Crippen LogP contribution in [-0.2, 0) is 0 Å². The van der Waals surface area contributed by atoms with Gasteiger partial charge in [-0.05, 0) is 17.7 Å². The summed E-state index contributed by atoms with van der Waals surface area (Å²) in [4.78, 5) is 25.4. The summed E-state index contributed by atoms with van der Waals surface area (Å²) in [6.07, 6.45) is 1.32. The normalized spacial score (nSPS) is 14.2. The van der Waals surface area contributed by atoms with Crippen molar-refractivity contribution in [3.05, 3.63) is 77.4 Å². The second-order valence-corrected chi connectivity index (χ2v) is 4.84. The number of amidine groups is 1. The van der Waals surface area contributed by atoms with Crippen molar-refractivity contribution in [3.8, 4) is 0 Å². The van der Waals surface area contributed by atoms with E-state index in [-0.39, 0.29) is 5.84 Å². The predicted octanol–water partition coefficient (Wildman–Crippen LogP) is 2.26. The minimum absolute atomic E-state index is 0.243. The Kier molecular flexibility index (Phi) is 3.31. The van der Waals surface area contributed by atoms with E-state index in [2.05, 4.69) is 0 Å². The summed E-state index contributed by atoms with van der Waals surface area (Å²) in [6, 6.07) is 15.6. The Morgan fingerprint density at radius 3 is 1.95 bits per heavy atom. The number of imide groups is 1. The molecule has 3 N–H and O–H groups in total. The molecule has 0 fully saturated rings. The van der Waals surface area contributed by atoms with Gasteiger partial charge in [0.15, 0.2) is 0 Å². The van der Waals surface area contributed by atoms with E-state index in [1.807, 2.05) is 18.2 Å². The topological polar surface area (TPSA) is 87.2 Å². The summed E-state index contributed by atoms with van der Waals surface area (Å²) in [7, 11) is 0. The van der Waals surface area contributed by atoms with E-state index in [0.717, 1.165) is 10.5 Å². The number of carbonyl (C=O) groups is 2. The number of nitrogens with one attached hydrogen (secondary N) is 1. The van der Waals surface area contributed by atoms with Gasteiger partial charge in [-0.2, -0.15) is 0 Å². The first-order valence-corrected chi connectivity index (χ1v) is 6.68. The maximum Gasteiger partial charge on any atom is 0.267 e. The number of benzene rings is 2. The molecule has 1 aliphatic rings. The molecule has 0 unspecified atom stereocenters. The van der Waals surface area contributed by atoms with Crippen LogP contribution in [-0.4, -0.2) is 22.5 Å². The average molecular weight is 291 g/mol. The van der Waals surface area contributed by atoms with Gasteiger partial charge in [0.1, 0.15) is 5.84 Å². The molecule has 1 aliphatic heterocycles. The van der Waals surface area contributed by atoms with E-state index in [1.54, 1.807) is 36.4 Å². The van der Waals surface area contributed by atoms with Gasteiger partial charge < -0.3 is 5.73 Å². The monoisotopic (exact) mass is 291 g/mol. The second-order valence-electron chi connectivity index (χ2n) is 4.84. The molecule has 5 heteroatoms. The van der Waals surface area contributed by atoms with Crippen LogP contribution < -0.4 is 5.73 Å². The van der Waals surface area contributed by atoms with Gasteiger partial charge in [0.2, 0.25) is 0 Å². The predicted molar refractivity (Wildman–Crippen MR) is 83.3 cm³/mol. The first-order chi connectivity index (χ1) is 10.6. The molecule has 0 aliphatic carbocycles. The van der Waals surface area contributed by atoms with Gasteiger partial charge in [0, 0.05) is 11.8 Å². The number of carbonyl (C=O) groups excluding carboxylic acids is 2. The third-order valence-corrected chi connectivity index (χ3v) is 3.43. The van der Waals surface area contributed by atoms with Crippen molar-refractivity contribution in [3.63, 3.8) is 0 Å². The number of nitrogens with two attached hydrogens (primary N) is 1. The number of fused-ring (bicyclic) bond motifs is 1. The minimum Gasteiger partial charge on any atom is -0.398 e. The average Bonchev–Trinajstić information content (AvgIpc) is 2.80. The van der Waals surface area contributed by atoms with Crippen molar-refractivity contribution in [2.45, 2.75) is 0 Å². The third kappa shape index (κ3) is 2.18. The van der Waals surface area contributed by atoms with Crippen LogP contribution in [0, 0.1) is 5.41 Å². The van der Waals surface area contributed by atoms with Crippen molar-refractivity contribution in [1.29, 1.82) is 5.41 Å². The standard InChI is InChI=1S/C17H13N3O2/c18-14(11-6-2-1-3-7-11)10-15(19)20-16(21)12-8-4-5-9-13(12)17(20)22/h1-10,19H,18H2. The van der Waals surface area contributed by atoms with Gasteiger partial charge in [0.25, 0.3) is 11.8 Å². The number of amides is 2. The van der Waals surface area contributed by atoms with Gasteiger partial charge in [-0.1, -0.05) is 42.5 Å². The molecule has 108 valence electrons. The molecular weight excluding hydrogens is 278 g/mol. The highest BCUT2D eigenvalue weighted by Gasteiger charge is 2.37. The van der Waals surface area contributed by atoms with Gasteiger partial charge >= 0.3 is 0 Å². The van der Waals surface area contributed by atoms with Crippen LogP contribution in [0.4, 0.5) is 0 Å². The Hall–Kier alpha value is -3.21. The van der Waals surface area contributed by atoms with Gasteiger partial charge in [-0.15, -0.1) is 0 Å². The number of hydrogen-bond acceptors (Lipinski definition) is 4. The lowest BCUT2D eigenvalue weighted by Gasteiger charge is -2.12. The van der Waals surface area contributed by atoms with Gasteiger partial charge in [-0.3, -0.25) is 15.0 Å². The van der Waals surface area contributed by atoms with Crippen LogP contribution in [0.25, 0.3) is 5.70 Å². The van der Waals surface area contributed by atoms with Crippen LogP contribution in [0.15, 0.2) is 60.7 Å². The van der Waals surface area contributed by atoms with E-state index in [4.69, 9.17) is 11.1 Å².